The summed E-state index contributed by atoms with van der Waals surface area (Å²) in [6.45, 7) is 1.08. The van der Waals surface area contributed by atoms with E-state index in [1.807, 2.05) is 47.4 Å². The molecule has 3 heterocycles. The number of hydrogen-bond donors (Lipinski definition) is 2. The van der Waals surface area contributed by atoms with E-state index in [0.717, 1.165) is 21.6 Å². The summed E-state index contributed by atoms with van der Waals surface area (Å²) in [6, 6.07) is 16.0. The lowest BCUT2D eigenvalue weighted by Gasteiger charge is -2.27. The molecule has 0 bridgehead atoms. The first-order chi connectivity index (χ1) is 17.6. The van der Waals surface area contributed by atoms with Gasteiger partial charge in [-0.2, -0.15) is 13.7 Å². The van der Waals surface area contributed by atoms with Crippen molar-refractivity contribution in [3.63, 3.8) is 0 Å². The lowest BCUT2D eigenvalue weighted by Crippen LogP contribution is -2.35. The standard InChI is InChI=1S/C25H24N4O2S.CH4O3S/c26-15-21-20-12-14-29(24(31)11-9-19-7-4-13-27-16-19)17-22(20)32-25(21)28-23(30)10-8-18-5-2-1-3-6-18;1-5(2,3)4/h1-7,13,16H,8-12,14,17H2,(H,28,30);1H3,(H,2,3,4). The van der Waals surface area contributed by atoms with Gasteiger partial charge in [-0.3, -0.25) is 19.1 Å². The number of carbonyl (C=O) groups excluding carboxylic acids is 2. The van der Waals surface area contributed by atoms with E-state index in [-0.39, 0.29) is 11.8 Å². The van der Waals surface area contributed by atoms with Gasteiger partial charge in [0.05, 0.1) is 18.4 Å². The number of aryl methyl sites for hydroxylation is 2. The number of rotatable bonds is 7. The molecule has 0 saturated carbocycles. The summed E-state index contributed by atoms with van der Waals surface area (Å²) in [6.07, 6.45) is 6.95. The SMILES string of the molecule is CS(=O)(=O)O.N#Cc1c(NC(=O)CCc2ccccc2)sc2c1CCN(C(=O)CCc1cccnc1)C2. The summed E-state index contributed by atoms with van der Waals surface area (Å²) in [5.74, 6) is -0.00629. The number of fused-ring (bicyclic) bond motifs is 1. The molecule has 2 aromatic heterocycles. The van der Waals surface area contributed by atoms with Crippen molar-refractivity contribution in [2.45, 2.75) is 38.6 Å². The number of amides is 2. The molecule has 1 aliphatic heterocycles. The predicted molar refractivity (Wildman–Crippen MR) is 142 cm³/mol. The zero-order valence-electron chi connectivity index (χ0n) is 20.4. The number of thiophene rings is 1. The van der Waals surface area contributed by atoms with Crippen LogP contribution in [-0.4, -0.2) is 47.5 Å². The molecule has 194 valence electrons. The second-order valence-corrected chi connectivity index (χ2v) is 11.1. The molecular weight excluding hydrogens is 512 g/mol. The molecular formula is C26H28N4O5S2. The number of nitrogens with zero attached hydrogens (tertiary/aromatic N) is 3. The van der Waals surface area contributed by atoms with Gasteiger partial charge in [0.25, 0.3) is 10.1 Å². The van der Waals surface area contributed by atoms with Crippen LogP contribution < -0.4 is 5.32 Å². The van der Waals surface area contributed by atoms with Gasteiger partial charge in [0.1, 0.15) is 11.1 Å². The zero-order valence-corrected chi connectivity index (χ0v) is 22.0. The van der Waals surface area contributed by atoms with E-state index in [2.05, 4.69) is 16.4 Å². The molecule has 37 heavy (non-hydrogen) atoms. The van der Waals surface area contributed by atoms with Crippen LogP contribution in [0.25, 0.3) is 0 Å². The molecule has 4 rings (SSSR count). The first-order valence-corrected chi connectivity index (χ1v) is 14.3. The molecule has 3 aromatic rings. The Morgan fingerprint density at radius 3 is 2.46 bits per heavy atom. The number of pyridine rings is 1. The number of nitrogens with one attached hydrogen (secondary N) is 1. The molecule has 2 amide bonds. The maximum Gasteiger partial charge on any atom is 0.261 e. The minimum absolute atomic E-state index is 0.0971. The van der Waals surface area contributed by atoms with Crippen molar-refractivity contribution in [1.82, 2.24) is 9.88 Å². The van der Waals surface area contributed by atoms with Crippen molar-refractivity contribution in [3.05, 3.63) is 82.0 Å². The van der Waals surface area contributed by atoms with Gasteiger partial charge < -0.3 is 10.2 Å². The maximum absolute atomic E-state index is 12.7. The quantitative estimate of drug-likeness (QED) is 0.436. The smallest absolute Gasteiger partial charge is 0.261 e. The van der Waals surface area contributed by atoms with Gasteiger partial charge in [-0.05, 0) is 42.0 Å². The monoisotopic (exact) mass is 540 g/mol. The first kappa shape index (κ1) is 28.0. The second-order valence-electron chi connectivity index (χ2n) is 8.51. The van der Waals surface area contributed by atoms with Crippen molar-refractivity contribution in [2.24, 2.45) is 0 Å². The highest BCUT2D eigenvalue weighted by Gasteiger charge is 2.27. The Bertz CT molecular complexity index is 1360. The van der Waals surface area contributed by atoms with E-state index in [4.69, 9.17) is 4.55 Å². The van der Waals surface area contributed by atoms with Gasteiger partial charge in [-0.1, -0.05) is 36.4 Å². The Balaban J connectivity index is 0.000000695. The van der Waals surface area contributed by atoms with Crippen LogP contribution in [0, 0.1) is 11.3 Å². The van der Waals surface area contributed by atoms with Crippen molar-refractivity contribution >= 4 is 38.3 Å². The summed E-state index contributed by atoms with van der Waals surface area (Å²) < 4.78 is 25.9. The molecule has 0 spiro atoms. The number of aromatic nitrogens is 1. The van der Waals surface area contributed by atoms with Crippen molar-refractivity contribution in [1.29, 1.82) is 5.26 Å². The molecule has 0 radical (unpaired) electrons. The summed E-state index contributed by atoms with van der Waals surface area (Å²) in [7, 11) is -3.67. The van der Waals surface area contributed by atoms with Gasteiger partial charge >= 0.3 is 0 Å². The van der Waals surface area contributed by atoms with Gasteiger partial charge in [-0.25, -0.2) is 0 Å². The lowest BCUT2D eigenvalue weighted by molar-refractivity contribution is -0.132. The van der Waals surface area contributed by atoms with Gasteiger partial charge in [0, 0.05) is 36.7 Å². The third-order valence-corrected chi connectivity index (χ3v) is 6.74. The number of hydrogen-bond acceptors (Lipinski definition) is 7. The molecule has 0 aliphatic carbocycles. The summed E-state index contributed by atoms with van der Waals surface area (Å²) in [4.78, 5) is 32.1. The molecule has 0 atom stereocenters. The number of nitriles is 1. The molecule has 0 saturated heterocycles. The Morgan fingerprint density at radius 1 is 1.14 bits per heavy atom. The molecule has 0 unspecified atom stereocenters. The third-order valence-electron chi connectivity index (χ3n) is 5.61. The second kappa shape index (κ2) is 13.1. The lowest BCUT2D eigenvalue weighted by atomic mass is 10.0. The van der Waals surface area contributed by atoms with Gasteiger partial charge in [0.15, 0.2) is 0 Å². The van der Waals surface area contributed by atoms with E-state index in [1.54, 1.807) is 12.4 Å². The number of anilines is 1. The van der Waals surface area contributed by atoms with E-state index < -0.39 is 10.1 Å². The third kappa shape index (κ3) is 9.09. The average Bonchev–Trinajstić information content (AvgIpc) is 3.22. The molecule has 1 aromatic carbocycles. The van der Waals surface area contributed by atoms with Crippen LogP contribution in [0.5, 0.6) is 0 Å². The van der Waals surface area contributed by atoms with Crippen molar-refractivity contribution < 1.29 is 22.6 Å². The molecule has 9 nitrogen and oxygen atoms in total. The number of carbonyl (C=O) groups is 2. The Hall–Kier alpha value is -3.59. The molecule has 0 fully saturated rings. The van der Waals surface area contributed by atoms with Crippen LogP contribution in [0.2, 0.25) is 0 Å². The Morgan fingerprint density at radius 2 is 1.81 bits per heavy atom. The van der Waals surface area contributed by atoms with Crippen LogP contribution in [0.4, 0.5) is 5.00 Å². The van der Waals surface area contributed by atoms with Gasteiger partial charge in [-0.15, -0.1) is 11.3 Å². The highest BCUT2D eigenvalue weighted by Crippen LogP contribution is 2.37. The summed E-state index contributed by atoms with van der Waals surface area (Å²) in [5, 5.41) is 13.2. The van der Waals surface area contributed by atoms with E-state index >= 15 is 0 Å². The molecule has 2 N–H and O–H groups in total. The molecule has 1 aliphatic rings. The van der Waals surface area contributed by atoms with Gasteiger partial charge in [0.2, 0.25) is 11.8 Å². The van der Waals surface area contributed by atoms with Crippen LogP contribution in [-0.2, 0) is 45.5 Å². The highest BCUT2D eigenvalue weighted by molar-refractivity contribution is 7.85. The van der Waals surface area contributed by atoms with E-state index in [1.165, 1.54) is 11.3 Å². The fraction of sp³-hybridized carbons (Fsp3) is 0.308. The largest absolute Gasteiger partial charge is 0.337 e. The summed E-state index contributed by atoms with van der Waals surface area (Å²) >= 11 is 1.41. The maximum atomic E-state index is 12.7. The van der Waals surface area contributed by atoms with Crippen LogP contribution in [0.3, 0.4) is 0 Å². The predicted octanol–water partition coefficient (Wildman–Crippen LogP) is 3.61. The van der Waals surface area contributed by atoms with Crippen molar-refractivity contribution in [2.75, 3.05) is 18.1 Å². The fourth-order valence-electron chi connectivity index (χ4n) is 3.87. The minimum Gasteiger partial charge on any atom is -0.337 e. The van der Waals surface area contributed by atoms with E-state index in [9.17, 15) is 23.3 Å². The number of benzene rings is 1. The molecule has 11 heteroatoms. The van der Waals surface area contributed by atoms with Crippen LogP contribution >= 0.6 is 11.3 Å². The van der Waals surface area contributed by atoms with Crippen molar-refractivity contribution in [3.8, 4) is 6.07 Å². The summed E-state index contributed by atoms with van der Waals surface area (Å²) in [5.41, 5.74) is 3.66. The highest BCUT2D eigenvalue weighted by atomic mass is 32.2. The fourth-order valence-corrected chi connectivity index (χ4v) is 5.10. The normalized spacial score (nSPS) is 12.5. The van der Waals surface area contributed by atoms with E-state index in [0.29, 0.717) is 62.0 Å². The average molecular weight is 541 g/mol. The zero-order chi connectivity index (χ0) is 26.8. The van der Waals surface area contributed by atoms with Crippen LogP contribution in [0.15, 0.2) is 54.9 Å². The first-order valence-electron chi connectivity index (χ1n) is 11.6. The topological polar surface area (TPSA) is 140 Å². The Kier molecular flexibility index (Phi) is 9.91. The van der Waals surface area contributed by atoms with Crippen LogP contribution in [0.1, 0.15) is 40.0 Å². The Labute approximate surface area is 220 Å². The minimum atomic E-state index is -3.67.